The van der Waals surface area contributed by atoms with Gasteiger partial charge in [-0.15, -0.1) is 0 Å². The van der Waals surface area contributed by atoms with Gasteiger partial charge in [0.25, 0.3) is 0 Å². The highest BCUT2D eigenvalue weighted by Crippen LogP contribution is 2.39. The zero-order valence-electron chi connectivity index (χ0n) is 13.2. The maximum absolute atomic E-state index is 6.07. The van der Waals surface area contributed by atoms with Gasteiger partial charge in [-0.3, -0.25) is 0 Å². The molecule has 0 spiro atoms. The van der Waals surface area contributed by atoms with E-state index in [-0.39, 0.29) is 11.6 Å². The van der Waals surface area contributed by atoms with Crippen LogP contribution in [-0.4, -0.2) is 25.9 Å². The van der Waals surface area contributed by atoms with Gasteiger partial charge in [0.2, 0.25) is 0 Å². The fourth-order valence-electron chi connectivity index (χ4n) is 3.07. The summed E-state index contributed by atoms with van der Waals surface area (Å²) in [6.07, 6.45) is 3.39. The van der Waals surface area contributed by atoms with Crippen LogP contribution in [0.4, 0.5) is 0 Å². The monoisotopic (exact) mass is 277 g/mol. The molecule has 2 atom stereocenters. The first-order chi connectivity index (χ1) is 9.60. The summed E-state index contributed by atoms with van der Waals surface area (Å²) < 4.78 is 11.4. The standard InChI is InChI=1S/C17H27NO2/c1-5-10-18-16(17(3)9-6-11-20-17)15-8-7-14(19-4)12-13(15)2/h7-8,12,16,18H,5-6,9-11H2,1-4H3. The van der Waals surface area contributed by atoms with Gasteiger partial charge in [-0.05, 0) is 62.9 Å². The second kappa shape index (κ2) is 6.59. The van der Waals surface area contributed by atoms with Crippen molar-refractivity contribution < 1.29 is 9.47 Å². The van der Waals surface area contributed by atoms with Gasteiger partial charge in [-0.25, -0.2) is 0 Å². The molecule has 0 amide bonds. The third-order valence-electron chi connectivity index (χ3n) is 4.25. The maximum Gasteiger partial charge on any atom is 0.119 e. The molecular formula is C17H27NO2. The molecule has 0 bridgehead atoms. The Morgan fingerprint density at radius 1 is 1.45 bits per heavy atom. The van der Waals surface area contributed by atoms with Gasteiger partial charge in [0, 0.05) is 6.61 Å². The first kappa shape index (κ1) is 15.3. The zero-order valence-corrected chi connectivity index (χ0v) is 13.2. The summed E-state index contributed by atoms with van der Waals surface area (Å²) in [4.78, 5) is 0. The van der Waals surface area contributed by atoms with Crippen molar-refractivity contribution in [1.29, 1.82) is 0 Å². The van der Waals surface area contributed by atoms with Gasteiger partial charge in [0.05, 0.1) is 18.8 Å². The Labute approximate surface area is 122 Å². The maximum atomic E-state index is 6.07. The Bertz CT molecular complexity index is 439. The van der Waals surface area contributed by atoms with Crippen LogP contribution in [0.5, 0.6) is 5.75 Å². The van der Waals surface area contributed by atoms with E-state index in [1.807, 2.05) is 6.07 Å². The average Bonchev–Trinajstić information content (AvgIpc) is 2.88. The van der Waals surface area contributed by atoms with E-state index in [1.165, 1.54) is 11.1 Å². The second-order valence-corrected chi connectivity index (χ2v) is 5.87. The molecule has 1 saturated heterocycles. The number of nitrogens with one attached hydrogen (secondary N) is 1. The Morgan fingerprint density at radius 2 is 2.25 bits per heavy atom. The normalized spacial score (nSPS) is 23.8. The molecule has 1 aromatic rings. The Balaban J connectivity index is 2.30. The predicted octanol–water partition coefficient (Wildman–Crippen LogP) is 3.61. The lowest BCUT2D eigenvalue weighted by Crippen LogP contribution is -2.42. The lowest BCUT2D eigenvalue weighted by molar-refractivity contribution is -0.0126. The number of methoxy groups -OCH3 is 1. The van der Waals surface area contributed by atoms with Crippen LogP contribution in [0.3, 0.4) is 0 Å². The Kier molecular flexibility index (Phi) is 5.06. The van der Waals surface area contributed by atoms with Crippen molar-refractivity contribution in [1.82, 2.24) is 5.32 Å². The molecule has 3 heteroatoms. The van der Waals surface area contributed by atoms with Crippen LogP contribution in [0.2, 0.25) is 0 Å². The van der Waals surface area contributed by atoms with Crippen molar-refractivity contribution in [3.8, 4) is 5.75 Å². The molecule has 1 aliphatic rings. The van der Waals surface area contributed by atoms with Crippen LogP contribution in [0.15, 0.2) is 18.2 Å². The topological polar surface area (TPSA) is 30.5 Å². The third kappa shape index (κ3) is 3.15. The van der Waals surface area contributed by atoms with Gasteiger partial charge in [0.15, 0.2) is 0 Å². The molecule has 112 valence electrons. The van der Waals surface area contributed by atoms with Crippen LogP contribution in [0, 0.1) is 6.92 Å². The smallest absolute Gasteiger partial charge is 0.119 e. The number of rotatable bonds is 6. The van der Waals surface area contributed by atoms with Gasteiger partial charge < -0.3 is 14.8 Å². The number of benzene rings is 1. The van der Waals surface area contributed by atoms with Gasteiger partial charge in [-0.1, -0.05) is 13.0 Å². The highest BCUT2D eigenvalue weighted by atomic mass is 16.5. The summed E-state index contributed by atoms with van der Waals surface area (Å²) in [5, 5.41) is 3.68. The SMILES string of the molecule is CCCNC(c1ccc(OC)cc1C)C1(C)CCCO1. The van der Waals surface area contributed by atoms with Gasteiger partial charge >= 0.3 is 0 Å². The van der Waals surface area contributed by atoms with Gasteiger partial charge in [-0.2, -0.15) is 0 Å². The lowest BCUT2D eigenvalue weighted by Gasteiger charge is -2.35. The van der Waals surface area contributed by atoms with E-state index in [4.69, 9.17) is 9.47 Å². The number of hydrogen-bond donors (Lipinski definition) is 1. The molecule has 2 unspecified atom stereocenters. The molecule has 1 N–H and O–H groups in total. The van der Waals surface area contributed by atoms with Crippen LogP contribution < -0.4 is 10.1 Å². The minimum absolute atomic E-state index is 0.103. The minimum Gasteiger partial charge on any atom is -0.497 e. The molecule has 0 saturated carbocycles. The third-order valence-corrected chi connectivity index (χ3v) is 4.25. The van der Waals surface area contributed by atoms with Crippen molar-refractivity contribution in [3.63, 3.8) is 0 Å². The first-order valence-corrected chi connectivity index (χ1v) is 7.62. The summed E-state index contributed by atoms with van der Waals surface area (Å²) in [6, 6.07) is 6.57. The fraction of sp³-hybridized carbons (Fsp3) is 0.647. The number of hydrogen-bond acceptors (Lipinski definition) is 3. The van der Waals surface area contributed by atoms with E-state index in [9.17, 15) is 0 Å². The summed E-state index contributed by atoms with van der Waals surface area (Å²) >= 11 is 0. The Morgan fingerprint density at radius 3 is 2.80 bits per heavy atom. The van der Waals surface area contributed by atoms with Crippen molar-refractivity contribution >= 4 is 0 Å². The van der Waals surface area contributed by atoms with Gasteiger partial charge in [0.1, 0.15) is 5.75 Å². The number of ether oxygens (including phenoxy) is 2. The predicted molar refractivity (Wildman–Crippen MR) is 82.4 cm³/mol. The van der Waals surface area contributed by atoms with E-state index in [0.717, 1.165) is 38.2 Å². The van der Waals surface area contributed by atoms with Crippen molar-refractivity contribution in [2.24, 2.45) is 0 Å². The van der Waals surface area contributed by atoms with Crippen molar-refractivity contribution in [2.45, 2.75) is 51.7 Å². The van der Waals surface area contributed by atoms with E-state index in [0.29, 0.717) is 0 Å². The minimum atomic E-state index is -0.103. The largest absolute Gasteiger partial charge is 0.497 e. The molecule has 0 aromatic heterocycles. The van der Waals surface area contributed by atoms with E-state index in [2.05, 4.69) is 38.2 Å². The lowest BCUT2D eigenvalue weighted by atomic mass is 9.85. The molecule has 2 rings (SSSR count). The van der Waals surface area contributed by atoms with E-state index >= 15 is 0 Å². The quantitative estimate of drug-likeness (QED) is 0.861. The summed E-state index contributed by atoms with van der Waals surface area (Å²) in [6.45, 7) is 8.46. The first-order valence-electron chi connectivity index (χ1n) is 7.62. The Hall–Kier alpha value is -1.06. The van der Waals surface area contributed by atoms with Crippen molar-refractivity contribution in [3.05, 3.63) is 29.3 Å². The molecular weight excluding hydrogens is 250 g/mol. The van der Waals surface area contributed by atoms with E-state index < -0.39 is 0 Å². The van der Waals surface area contributed by atoms with Crippen molar-refractivity contribution in [2.75, 3.05) is 20.3 Å². The molecule has 1 fully saturated rings. The van der Waals surface area contributed by atoms with Crippen LogP contribution >= 0.6 is 0 Å². The molecule has 3 nitrogen and oxygen atoms in total. The van der Waals surface area contributed by atoms with Crippen LogP contribution in [0.25, 0.3) is 0 Å². The molecule has 0 radical (unpaired) electrons. The molecule has 1 aromatic carbocycles. The zero-order chi connectivity index (χ0) is 14.6. The molecule has 1 aliphatic heterocycles. The van der Waals surface area contributed by atoms with Crippen LogP contribution in [-0.2, 0) is 4.74 Å². The summed E-state index contributed by atoms with van der Waals surface area (Å²) in [7, 11) is 1.71. The van der Waals surface area contributed by atoms with E-state index in [1.54, 1.807) is 7.11 Å². The summed E-state index contributed by atoms with van der Waals surface area (Å²) in [5.74, 6) is 0.915. The molecule has 1 heterocycles. The summed E-state index contributed by atoms with van der Waals surface area (Å²) in [5.41, 5.74) is 2.48. The number of aryl methyl sites for hydroxylation is 1. The average molecular weight is 277 g/mol. The molecule has 20 heavy (non-hydrogen) atoms. The fourth-order valence-corrected chi connectivity index (χ4v) is 3.07. The van der Waals surface area contributed by atoms with Crippen LogP contribution in [0.1, 0.15) is 50.3 Å². The molecule has 0 aliphatic carbocycles. The highest BCUT2D eigenvalue weighted by Gasteiger charge is 2.39. The second-order valence-electron chi connectivity index (χ2n) is 5.87. The highest BCUT2D eigenvalue weighted by molar-refractivity contribution is 5.38.